The summed E-state index contributed by atoms with van der Waals surface area (Å²) in [6.45, 7) is 9.85. The van der Waals surface area contributed by atoms with Crippen molar-refractivity contribution in [3.63, 3.8) is 0 Å². The molecule has 2 aromatic heterocycles. The number of fused-ring (bicyclic) bond motifs is 1. The quantitative estimate of drug-likeness (QED) is 0.122. The number of unbranched alkanes of at least 4 members (excludes halogenated alkanes) is 1. The zero-order valence-electron chi connectivity index (χ0n) is 25.4. The molecule has 0 aliphatic carbocycles. The molecular weight excluding hydrogens is 761 g/mol. The number of anilines is 2. The van der Waals surface area contributed by atoms with E-state index >= 15 is 0 Å². The monoisotopic (exact) mass is 793 g/mol. The third kappa shape index (κ3) is 7.81. The van der Waals surface area contributed by atoms with Crippen molar-refractivity contribution in [2.24, 2.45) is 0 Å². The summed E-state index contributed by atoms with van der Waals surface area (Å²) in [4.78, 5) is 17.1. The van der Waals surface area contributed by atoms with Crippen LogP contribution in [0.3, 0.4) is 0 Å². The fourth-order valence-electron chi connectivity index (χ4n) is 4.98. The summed E-state index contributed by atoms with van der Waals surface area (Å²) < 4.78 is 28.1. The molecule has 10 heteroatoms. The van der Waals surface area contributed by atoms with Crippen LogP contribution in [-0.4, -0.2) is 37.3 Å². The van der Waals surface area contributed by atoms with Gasteiger partial charge in [0.15, 0.2) is 0 Å². The van der Waals surface area contributed by atoms with Gasteiger partial charge in [-0.15, -0.1) is 83.7 Å². The molecule has 0 saturated carbocycles. The van der Waals surface area contributed by atoms with Crippen molar-refractivity contribution in [1.82, 2.24) is 24.2 Å². The van der Waals surface area contributed by atoms with Gasteiger partial charge in [-0.3, -0.25) is 13.8 Å². The van der Waals surface area contributed by atoms with Gasteiger partial charge >= 0.3 is 0 Å². The maximum absolute atomic E-state index is 13.0. The molecule has 4 heterocycles. The number of hydrogen-bond acceptors (Lipinski definition) is 6. The van der Waals surface area contributed by atoms with Crippen LogP contribution < -0.4 is 9.80 Å². The predicted octanol–water partition coefficient (Wildman–Crippen LogP) is 7.28. The van der Waals surface area contributed by atoms with Crippen LogP contribution in [0.2, 0.25) is 0 Å². The van der Waals surface area contributed by atoms with Crippen molar-refractivity contribution in [2.45, 2.75) is 26.7 Å². The van der Waals surface area contributed by atoms with Crippen molar-refractivity contribution >= 4 is 17.0 Å². The first-order valence-corrected chi connectivity index (χ1v) is 14.7. The summed E-state index contributed by atoms with van der Waals surface area (Å²) in [6, 6.07) is 25.8. The standard InChI is InChI=1S/C22H20F2N4.C14H12N3.Ir/c23-19-3-7-21(8-4-19)27-15-13-25(17-27)11-1-2-12-26-14-16-28(18-26)22-9-5-20(24)6-10-22;1-10-11(2)17-9-8-15-13(14(17)16-10)12-6-4-3-5-7-12;/h3-7,9,13-18H,1-2,11-12H2;3-6,8-9H,1-2H3;/q-4;-1;. The minimum Gasteiger partial charge on any atom is -0.508 e. The van der Waals surface area contributed by atoms with Gasteiger partial charge in [-0.05, 0) is 64.6 Å². The molecule has 2 aliphatic heterocycles. The number of benzene rings is 3. The Kier molecular flexibility index (Phi) is 10.8. The fraction of sp³-hybridized carbons (Fsp3) is 0.167. The van der Waals surface area contributed by atoms with E-state index in [2.05, 4.69) is 49.3 Å². The third-order valence-electron chi connectivity index (χ3n) is 7.52. The molecule has 2 aliphatic rings. The van der Waals surface area contributed by atoms with Crippen LogP contribution in [-0.2, 0) is 20.1 Å². The van der Waals surface area contributed by atoms with Gasteiger partial charge in [-0.25, -0.2) is 4.98 Å². The van der Waals surface area contributed by atoms with E-state index in [1.165, 1.54) is 24.3 Å². The van der Waals surface area contributed by atoms with Crippen molar-refractivity contribution in [3.05, 3.63) is 152 Å². The Morgan fingerprint density at radius 2 is 1.37 bits per heavy atom. The first-order valence-electron chi connectivity index (χ1n) is 14.7. The summed E-state index contributed by atoms with van der Waals surface area (Å²) in [7, 11) is 0. The number of aryl methyl sites for hydroxylation is 2. The summed E-state index contributed by atoms with van der Waals surface area (Å²) in [5.74, 6) is -0.570. The van der Waals surface area contributed by atoms with Crippen LogP contribution in [0.1, 0.15) is 24.2 Å². The second-order valence-electron chi connectivity index (χ2n) is 10.6. The molecule has 0 amide bonds. The number of hydrogen-bond donors (Lipinski definition) is 0. The average Bonchev–Trinajstić information content (AvgIpc) is 3.81. The van der Waals surface area contributed by atoms with Crippen molar-refractivity contribution in [1.29, 1.82) is 0 Å². The topological polar surface area (TPSA) is 43.2 Å². The van der Waals surface area contributed by atoms with E-state index in [0.29, 0.717) is 0 Å². The van der Waals surface area contributed by atoms with Crippen LogP contribution in [0.4, 0.5) is 20.2 Å². The van der Waals surface area contributed by atoms with Crippen LogP contribution in [0.15, 0.2) is 97.9 Å². The Hall–Kier alpha value is -4.53. The maximum atomic E-state index is 13.0. The zero-order valence-corrected chi connectivity index (χ0v) is 27.8. The molecule has 0 unspecified atom stereocenters. The second kappa shape index (κ2) is 15.2. The fourth-order valence-corrected chi connectivity index (χ4v) is 4.98. The molecule has 0 atom stereocenters. The molecular formula is C36H32F2IrN7-5. The third-order valence-corrected chi connectivity index (χ3v) is 7.52. The van der Waals surface area contributed by atoms with Gasteiger partial charge < -0.3 is 24.0 Å². The summed E-state index contributed by atoms with van der Waals surface area (Å²) in [5.41, 5.74) is 6.57. The van der Waals surface area contributed by atoms with Crippen LogP contribution in [0, 0.1) is 57.0 Å². The number of rotatable bonds is 8. The minimum absolute atomic E-state index is 0. The average molecular weight is 793 g/mol. The van der Waals surface area contributed by atoms with Crippen molar-refractivity contribution < 1.29 is 28.9 Å². The van der Waals surface area contributed by atoms with Gasteiger partial charge in [-0.2, -0.15) is 25.5 Å². The normalized spacial score (nSPS) is 13.7. The van der Waals surface area contributed by atoms with Gasteiger partial charge in [0.2, 0.25) is 0 Å². The largest absolute Gasteiger partial charge is 0.508 e. The smallest absolute Gasteiger partial charge is 0.120 e. The molecule has 0 spiro atoms. The van der Waals surface area contributed by atoms with E-state index in [1.807, 2.05) is 85.3 Å². The van der Waals surface area contributed by atoms with Crippen LogP contribution >= 0.6 is 0 Å². The van der Waals surface area contributed by atoms with E-state index in [1.54, 1.807) is 18.3 Å². The van der Waals surface area contributed by atoms with Gasteiger partial charge in [0, 0.05) is 55.5 Å². The molecule has 5 aromatic rings. The van der Waals surface area contributed by atoms with Crippen molar-refractivity contribution in [2.75, 3.05) is 22.9 Å². The van der Waals surface area contributed by atoms with Gasteiger partial charge in [0.1, 0.15) is 5.65 Å². The molecule has 0 fully saturated rings. The number of halogens is 2. The van der Waals surface area contributed by atoms with E-state index in [0.717, 1.165) is 65.6 Å². The summed E-state index contributed by atoms with van der Waals surface area (Å²) in [6.07, 6.45) is 13.7. The van der Waals surface area contributed by atoms with Crippen LogP contribution in [0.5, 0.6) is 0 Å². The molecule has 0 bridgehead atoms. The molecule has 1 radical (unpaired) electrons. The molecule has 0 N–H and O–H groups in total. The Bertz CT molecular complexity index is 1700. The van der Waals surface area contributed by atoms with Gasteiger partial charge in [0.05, 0.1) is 5.69 Å². The zero-order chi connectivity index (χ0) is 31.2. The van der Waals surface area contributed by atoms with Gasteiger partial charge in [-0.1, -0.05) is 0 Å². The number of aromatic nitrogens is 3. The minimum atomic E-state index is -0.285. The van der Waals surface area contributed by atoms with Gasteiger partial charge in [0.25, 0.3) is 0 Å². The Morgan fingerprint density at radius 3 is 1.89 bits per heavy atom. The SMILES string of the molecule is Cc1nc2c(-c3[c-]cccc3)nccn2c1C.Fc1c[c-]c(N2C=CN(CCCCN3C=CN(c4[c-]cc(F)cc4)[CH-]3)[CH-]2)cc1.[Ir]. The molecule has 0 saturated heterocycles. The first kappa shape index (κ1) is 32.9. The summed E-state index contributed by atoms with van der Waals surface area (Å²) >= 11 is 0. The Morgan fingerprint density at radius 1 is 0.761 bits per heavy atom. The Balaban J connectivity index is 0.000000198. The number of imidazole rings is 1. The van der Waals surface area contributed by atoms with E-state index in [-0.39, 0.29) is 31.7 Å². The van der Waals surface area contributed by atoms with E-state index in [4.69, 9.17) is 0 Å². The molecule has 7 rings (SSSR count). The van der Waals surface area contributed by atoms with Crippen LogP contribution in [0.25, 0.3) is 16.9 Å². The number of nitrogens with zero attached hydrogens (tertiary/aromatic N) is 7. The Labute approximate surface area is 282 Å². The maximum Gasteiger partial charge on any atom is 0.120 e. The predicted molar refractivity (Wildman–Crippen MR) is 172 cm³/mol. The first-order chi connectivity index (χ1) is 21.9. The van der Waals surface area contributed by atoms with E-state index in [9.17, 15) is 8.78 Å². The van der Waals surface area contributed by atoms with Crippen molar-refractivity contribution in [3.8, 4) is 11.3 Å². The summed E-state index contributed by atoms with van der Waals surface area (Å²) in [5, 5.41) is 0. The second-order valence-corrected chi connectivity index (χ2v) is 10.6. The molecule has 46 heavy (non-hydrogen) atoms. The van der Waals surface area contributed by atoms with E-state index < -0.39 is 0 Å². The molecule has 7 nitrogen and oxygen atoms in total. The molecule has 239 valence electrons. The molecule has 3 aromatic carbocycles.